The molecular formula is C20H24N2O4S. The molecule has 1 N–H and O–H groups in total. The van der Waals surface area contributed by atoms with Crippen molar-refractivity contribution < 1.29 is 18.0 Å². The van der Waals surface area contributed by atoms with Crippen LogP contribution in [0, 0.1) is 0 Å². The first-order valence-electron chi connectivity index (χ1n) is 9.16. The summed E-state index contributed by atoms with van der Waals surface area (Å²) >= 11 is 0. The van der Waals surface area contributed by atoms with Crippen LogP contribution in [0.25, 0.3) is 0 Å². The van der Waals surface area contributed by atoms with E-state index < -0.39 is 15.3 Å². The molecule has 1 aliphatic heterocycles. The number of sulfonamides is 1. The minimum atomic E-state index is -3.43. The van der Waals surface area contributed by atoms with Crippen LogP contribution in [0.5, 0.6) is 5.75 Å². The lowest BCUT2D eigenvalue weighted by molar-refractivity contribution is -0.110. The molecule has 2 atom stereocenters. The van der Waals surface area contributed by atoms with Gasteiger partial charge in [0.05, 0.1) is 12.6 Å². The average Bonchev–Trinajstić information content (AvgIpc) is 3.38. The number of ether oxygens (including phenoxy) is 1. The summed E-state index contributed by atoms with van der Waals surface area (Å²) < 4.78 is 34.0. The smallest absolute Gasteiger partial charge is 0.219 e. The van der Waals surface area contributed by atoms with E-state index in [4.69, 9.17) is 9.57 Å². The first-order valence-corrected chi connectivity index (χ1v) is 10.7. The Kier molecular flexibility index (Phi) is 5.19. The fourth-order valence-electron chi connectivity index (χ4n) is 3.30. The summed E-state index contributed by atoms with van der Waals surface area (Å²) in [6.07, 6.45) is 1.83. The maximum absolute atomic E-state index is 12.7. The molecule has 1 heterocycles. The summed E-state index contributed by atoms with van der Waals surface area (Å²) in [4.78, 5) is 5.54. The van der Waals surface area contributed by atoms with Crippen LogP contribution in [-0.2, 0) is 21.5 Å². The maximum Gasteiger partial charge on any atom is 0.219 e. The van der Waals surface area contributed by atoms with Gasteiger partial charge in [0.25, 0.3) is 0 Å². The molecule has 6 nitrogen and oxygen atoms in total. The van der Waals surface area contributed by atoms with E-state index in [0.29, 0.717) is 6.61 Å². The van der Waals surface area contributed by atoms with Crippen molar-refractivity contribution >= 4 is 10.0 Å². The first kappa shape index (κ1) is 18.4. The minimum absolute atomic E-state index is 0.0929. The van der Waals surface area contributed by atoms with Gasteiger partial charge in [-0.15, -0.1) is 0 Å². The van der Waals surface area contributed by atoms with Gasteiger partial charge in [-0.1, -0.05) is 42.5 Å². The molecule has 144 valence electrons. The van der Waals surface area contributed by atoms with Crippen LogP contribution in [0.1, 0.15) is 30.0 Å². The maximum atomic E-state index is 12.7. The average molecular weight is 388 g/mol. The molecule has 7 heteroatoms. The number of hydroxylamine groups is 2. The number of rotatable bonds is 7. The molecule has 1 saturated heterocycles. The predicted molar refractivity (Wildman–Crippen MR) is 103 cm³/mol. The van der Waals surface area contributed by atoms with Crippen molar-refractivity contribution in [3.63, 3.8) is 0 Å². The molecular weight excluding hydrogens is 364 g/mol. The minimum Gasteiger partial charge on any atom is -0.489 e. The first-order chi connectivity index (χ1) is 13.0. The number of nitrogens with one attached hydrogen (secondary N) is 1. The molecule has 4 rings (SSSR count). The van der Waals surface area contributed by atoms with Gasteiger partial charge < -0.3 is 4.74 Å². The number of nitrogens with zero attached hydrogens (tertiary/aromatic N) is 1. The molecule has 0 unspecified atom stereocenters. The van der Waals surface area contributed by atoms with Gasteiger partial charge in [0.2, 0.25) is 10.0 Å². The monoisotopic (exact) mass is 388 g/mol. The highest BCUT2D eigenvalue weighted by Gasteiger charge is 2.44. The van der Waals surface area contributed by atoms with Crippen LogP contribution in [0.2, 0.25) is 0 Å². The van der Waals surface area contributed by atoms with Crippen molar-refractivity contribution in [1.29, 1.82) is 0 Å². The second-order valence-corrected chi connectivity index (χ2v) is 9.04. The zero-order valence-corrected chi connectivity index (χ0v) is 16.1. The third kappa shape index (κ3) is 4.32. The van der Waals surface area contributed by atoms with Gasteiger partial charge in [0.1, 0.15) is 17.6 Å². The summed E-state index contributed by atoms with van der Waals surface area (Å²) in [5.74, 6) is 0.750. The van der Waals surface area contributed by atoms with Crippen LogP contribution in [0.3, 0.4) is 0 Å². The van der Waals surface area contributed by atoms with Crippen molar-refractivity contribution in [3.05, 3.63) is 65.7 Å². The largest absolute Gasteiger partial charge is 0.489 e. The molecule has 2 aliphatic rings. The number of hydrogen-bond acceptors (Lipinski definition) is 5. The van der Waals surface area contributed by atoms with Crippen LogP contribution in [-0.4, -0.2) is 38.4 Å². The molecule has 1 aliphatic carbocycles. The Bertz CT molecular complexity index is 867. The summed E-state index contributed by atoms with van der Waals surface area (Å²) in [5, 5.41) is 1.01. The molecule has 2 fully saturated rings. The summed E-state index contributed by atoms with van der Waals surface area (Å²) in [6.45, 7) is 0.657. The fourth-order valence-corrected chi connectivity index (χ4v) is 5.09. The second kappa shape index (κ2) is 7.59. The Morgan fingerprint density at radius 1 is 1.11 bits per heavy atom. The topological polar surface area (TPSA) is 67.9 Å². The zero-order chi connectivity index (χ0) is 18.9. The van der Waals surface area contributed by atoms with E-state index in [-0.39, 0.29) is 18.7 Å². The van der Waals surface area contributed by atoms with Gasteiger partial charge in [-0.2, -0.15) is 5.06 Å². The van der Waals surface area contributed by atoms with Gasteiger partial charge in [-0.25, -0.2) is 13.1 Å². The summed E-state index contributed by atoms with van der Waals surface area (Å²) in [7, 11) is -1.66. The Balaban J connectivity index is 1.46. The highest BCUT2D eigenvalue weighted by atomic mass is 32.2. The van der Waals surface area contributed by atoms with E-state index in [9.17, 15) is 8.42 Å². The van der Waals surface area contributed by atoms with E-state index in [1.54, 1.807) is 12.1 Å². The van der Waals surface area contributed by atoms with E-state index in [1.807, 2.05) is 54.6 Å². The highest BCUT2D eigenvalue weighted by molar-refractivity contribution is 7.90. The lowest BCUT2D eigenvalue weighted by atomic mass is 10.0. The quantitative estimate of drug-likeness (QED) is 0.790. The van der Waals surface area contributed by atoms with E-state index in [2.05, 4.69) is 4.72 Å². The van der Waals surface area contributed by atoms with Crippen LogP contribution >= 0.6 is 0 Å². The lowest BCUT2D eigenvalue weighted by Gasteiger charge is -2.23. The van der Waals surface area contributed by atoms with Gasteiger partial charge in [0.15, 0.2) is 0 Å². The predicted octanol–water partition coefficient (Wildman–Crippen LogP) is 2.63. The van der Waals surface area contributed by atoms with E-state index in [0.717, 1.165) is 29.7 Å². The Morgan fingerprint density at radius 3 is 2.48 bits per heavy atom. The van der Waals surface area contributed by atoms with Gasteiger partial charge in [0, 0.05) is 13.1 Å². The number of hydrogen-bond donors (Lipinski definition) is 1. The second-order valence-electron chi connectivity index (χ2n) is 7.11. The van der Waals surface area contributed by atoms with Crippen LogP contribution < -0.4 is 9.46 Å². The Morgan fingerprint density at radius 2 is 1.81 bits per heavy atom. The molecule has 0 amide bonds. The fraction of sp³-hybridized carbons (Fsp3) is 0.400. The van der Waals surface area contributed by atoms with E-state index >= 15 is 0 Å². The number of benzene rings is 2. The van der Waals surface area contributed by atoms with Gasteiger partial charge >= 0.3 is 0 Å². The lowest BCUT2D eigenvalue weighted by Crippen LogP contribution is -2.40. The van der Waals surface area contributed by atoms with Crippen LogP contribution in [0.4, 0.5) is 0 Å². The Hall–Kier alpha value is -1.93. The van der Waals surface area contributed by atoms with Crippen molar-refractivity contribution in [2.24, 2.45) is 0 Å². The molecule has 2 aromatic rings. The van der Waals surface area contributed by atoms with Gasteiger partial charge in [-0.3, -0.25) is 4.84 Å². The van der Waals surface area contributed by atoms with Crippen molar-refractivity contribution in [2.45, 2.75) is 36.8 Å². The van der Waals surface area contributed by atoms with E-state index in [1.165, 1.54) is 0 Å². The van der Waals surface area contributed by atoms with Crippen LogP contribution in [0.15, 0.2) is 54.6 Å². The van der Waals surface area contributed by atoms with Crippen molar-refractivity contribution in [2.75, 3.05) is 13.7 Å². The third-order valence-corrected chi connectivity index (χ3v) is 6.82. The van der Waals surface area contributed by atoms with Gasteiger partial charge in [-0.05, 0) is 36.1 Å². The zero-order valence-electron chi connectivity index (χ0n) is 15.2. The molecule has 0 radical (unpaired) electrons. The summed E-state index contributed by atoms with van der Waals surface area (Å²) in [5.41, 5.74) is 2.00. The standard InChI is InChI=1S/C20H24N2O4S/c1-22-20(19(14-26-22)27(23,24)21-17-9-10-17)16-7-11-18(12-8-16)25-13-15-5-3-2-4-6-15/h2-8,11-12,17,19-21H,9-10,13-14H2,1H3/t19-,20-/m1/s1. The molecule has 0 aromatic heterocycles. The molecule has 2 aromatic carbocycles. The third-order valence-electron chi connectivity index (χ3n) is 4.96. The molecule has 0 spiro atoms. The molecule has 0 bridgehead atoms. The van der Waals surface area contributed by atoms with Crippen molar-refractivity contribution in [3.8, 4) is 5.75 Å². The van der Waals surface area contributed by atoms with Crippen molar-refractivity contribution in [1.82, 2.24) is 9.79 Å². The SMILES string of the molecule is CN1OC[C@@H](S(=O)(=O)NC2CC2)[C@H]1c1ccc(OCc2ccccc2)cc1. The summed E-state index contributed by atoms with van der Waals surface area (Å²) in [6, 6.07) is 17.3. The molecule has 27 heavy (non-hydrogen) atoms. The Labute approximate surface area is 160 Å². The molecule has 1 saturated carbocycles. The normalized spacial score (nSPS) is 23.4. The highest BCUT2D eigenvalue weighted by Crippen LogP contribution is 2.35.